The molecule has 0 saturated heterocycles. The van der Waals surface area contributed by atoms with E-state index in [1.807, 2.05) is 29.6 Å². The van der Waals surface area contributed by atoms with Crippen LogP contribution in [0.5, 0.6) is 11.5 Å². The minimum atomic E-state index is 0.750. The number of methoxy groups -OCH3 is 2. The van der Waals surface area contributed by atoms with Crippen LogP contribution in [0, 0.1) is 27.7 Å². The van der Waals surface area contributed by atoms with E-state index in [9.17, 15) is 0 Å². The SMILES string of the molecule is COc1ccc(CCn2c(C)c3c(C)nn4cc(-c5ccc(C)o5)cc4c3c2C)cc1OC. The summed E-state index contributed by atoms with van der Waals surface area (Å²) in [5.74, 6) is 3.28. The third-order valence-corrected chi connectivity index (χ3v) is 6.56. The largest absolute Gasteiger partial charge is 0.493 e. The molecule has 4 aromatic heterocycles. The first-order valence-electron chi connectivity index (χ1n) is 11.2. The molecule has 0 unspecified atom stereocenters. The summed E-state index contributed by atoms with van der Waals surface area (Å²) in [6, 6.07) is 12.3. The van der Waals surface area contributed by atoms with Crippen molar-refractivity contribution in [3.05, 3.63) is 71.0 Å². The number of furan rings is 1. The zero-order chi connectivity index (χ0) is 23.3. The molecule has 0 radical (unpaired) electrons. The first-order valence-corrected chi connectivity index (χ1v) is 11.2. The Morgan fingerprint density at radius 1 is 0.879 bits per heavy atom. The first-order chi connectivity index (χ1) is 15.9. The minimum Gasteiger partial charge on any atom is -0.493 e. The highest BCUT2D eigenvalue weighted by molar-refractivity contribution is 6.02. The van der Waals surface area contributed by atoms with E-state index in [1.54, 1.807) is 14.2 Å². The second-order valence-corrected chi connectivity index (χ2v) is 8.57. The third-order valence-electron chi connectivity index (χ3n) is 6.56. The van der Waals surface area contributed by atoms with E-state index in [4.69, 9.17) is 19.0 Å². The summed E-state index contributed by atoms with van der Waals surface area (Å²) < 4.78 is 21.1. The Bertz CT molecular complexity index is 1490. The fourth-order valence-corrected chi connectivity index (χ4v) is 4.91. The highest BCUT2D eigenvalue weighted by Crippen LogP contribution is 2.34. The lowest BCUT2D eigenvalue weighted by atomic mass is 10.1. The molecule has 4 heterocycles. The van der Waals surface area contributed by atoms with Crippen molar-refractivity contribution in [1.29, 1.82) is 0 Å². The van der Waals surface area contributed by atoms with Gasteiger partial charge in [-0.05, 0) is 70.0 Å². The topological polar surface area (TPSA) is 53.8 Å². The third kappa shape index (κ3) is 3.46. The van der Waals surface area contributed by atoms with Crippen molar-refractivity contribution >= 4 is 16.3 Å². The molecule has 0 atom stereocenters. The Kier molecular flexibility index (Phi) is 5.16. The lowest BCUT2D eigenvalue weighted by Crippen LogP contribution is -2.05. The maximum Gasteiger partial charge on any atom is 0.160 e. The zero-order valence-corrected chi connectivity index (χ0v) is 20.0. The van der Waals surface area contributed by atoms with Crippen molar-refractivity contribution < 1.29 is 13.9 Å². The molecule has 0 bridgehead atoms. The van der Waals surface area contributed by atoms with Crippen LogP contribution in [-0.2, 0) is 13.0 Å². The predicted molar refractivity (Wildman–Crippen MR) is 131 cm³/mol. The van der Waals surface area contributed by atoms with Gasteiger partial charge < -0.3 is 18.5 Å². The van der Waals surface area contributed by atoms with Gasteiger partial charge in [-0.2, -0.15) is 5.10 Å². The molecule has 0 spiro atoms. The highest BCUT2D eigenvalue weighted by Gasteiger charge is 2.19. The average molecular weight is 444 g/mol. The molecule has 0 saturated carbocycles. The molecule has 6 heteroatoms. The lowest BCUT2D eigenvalue weighted by Gasteiger charge is -2.12. The Balaban J connectivity index is 1.57. The molecule has 0 N–H and O–H groups in total. The van der Waals surface area contributed by atoms with Crippen LogP contribution in [-0.4, -0.2) is 28.4 Å². The first kappa shape index (κ1) is 21.2. The van der Waals surface area contributed by atoms with Crippen molar-refractivity contribution in [1.82, 2.24) is 14.2 Å². The summed E-state index contributed by atoms with van der Waals surface area (Å²) in [5.41, 5.74) is 6.87. The van der Waals surface area contributed by atoms with Crippen molar-refractivity contribution in [2.75, 3.05) is 14.2 Å². The van der Waals surface area contributed by atoms with Crippen LogP contribution in [0.3, 0.4) is 0 Å². The normalized spacial score (nSPS) is 11.6. The molecule has 170 valence electrons. The quantitative estimate of drug-likeness (QED) is 0.321. The van der Waals surface area contributed by atoms with Crippen molar-refractivity contribution in [3.8, 4) is 22.8 Å². The van der Waals surface area contributed by atoms with Gasteiger partial charge in [-0.1, -0.05) is 6.07 Å². The number of fused-ring (bicyclic) bond motifs is 3. The van der Waals surface area contributed by atoms with Crippen LogP contribution < -0.4 is 9.47 Å². The average Bonchev–Trinajstić information content (AvgIpc) is 3.49. The summed E-state index contributed by atoms with van der Waals surface area (Å²) in [6.45, 7) is 9.32. The molecule has 0 aliphatic heterocycles. The standard InChI is InChI=1S/C27H29N3O3/c1-16-7-9-23(33-16)21-14-22-27-19(4)29(18(3)26(27)17(2)28-30(22)15-21)12-11-20-8-10-24(31-5)25(13-20)32-6/h7-10,13-15H,11-12H2,1-6H3. The van der Waals surface area contributed by atoms with Gasteiger partial charge in [0.2, 0.25) is 0 Å². The number of nitrogens with zero attached hydrogens (tertiary/aromatic N) is 3. The predicted octanol–water partition coefficient (Wildman–Crippen LogP) is 6.04. The second kappa shape index (κ2) is 8.03. The van der Waals surface area contributed by atoms with E-state index < -0.39 is 0 Å². The second-order valence-electron chi connectivity index (χ2n) is 8.57. The Hall–Kier alpha value is -3.67. The zero-order valence-electron chi connectivity index (χ0n) is 20.0. The van der Waals surface area contributed by atoms with Gasteiger partial charge in [0.05, 0.1) is 25.4 Å². The van der Waals surface area contributed by atoms with Crippen LogP contribution in [0.2, 0.25) is 0 Å². The van der Waals surface area contributed by atoms with Gasteiger partial charge in [-0.3, -0.25) is 0 Å². The van der Waals surface area contributed by atoms with Crippen LogP contribution in [0.15, 0.2) is 47.0 Å². The van der Waals surface area contributed by atoms with Crippen LogP contribution in [0.1, 0.15) is 28.4 Å². The number of benzene rings is 1. The molecular weight excluding hydrogens is 414 g/mol. The number of rotatable bonds is 6. The van der Waals surface area contributed by atoms with Gasteiger partial charge in [0.15, 0.2) is 11.5 Å². The molecular formula is C27H29N3O3. The Morgan fingerprint density at radius 3 is 2.33 bits per heavy atom. The fourth-order valence-electron chi connectivity index (χ4n) is 4.91. The molecule has 0 fully saturated rings. The van der Waals surface area contributed by atoms with Crippen molar-refractivity contribution in [2.24, 2.45) is 0 Å². The van der Waals surface area contributed by atoms with Crippen LogP contribution in [0.25, 0.3) is 27.6 Å². The van der Waals surface area contributed by atoms with E-state index in [0.29, 0.717) is 0 Å². The Morgan fingerprint density at radius 2 is 1.64 bits per heavy atom. The summed E-state index contributed by atoms with van der Waals surface area (Å²) >= 11 is 0. The maximum absolute atomic E-state index is 5.86. The van der Waals surface area contributed by atoms with Crippen molar-refractivity contribution in [3.63, 3.8) is 0 Å². The minimum absolute atomic E-state index is 0.750. The molecule has 6 nitrogen and oxygen atoms in total. The number of ether oxygens (including phenoxy) is 2. The molecule has 5 rings (SSSR count). The molecule has 5 aromatic rings. The van der Waals surface area contributed by atoms with Gasteiger partial charge in [0.25, 0.3) is 0 Å². The van der Waals surface area contributed by atoms with Crippen LogP contribution in [0.4, 0.5) is 0 Å². The van der Waals surface area contributed by atoms with Crippen LogP contribution >= 0.6 is 0 Å². The van der Waals surface area contributed by atoms with Crippen molar-refractivity contribution in [2.45, 2.75) is 40.7 Å². The highest BCUT2D eigenvalue weighted by atomic mass is 16.5. The number of aromatic nitrogens is 3. The van der Waals surface area contributed by atoms with Gasteiger partial charge in [0.1, 0.15) is 11.5 Å². The Labute approximate surface area is 193 Å². The van der Waals surface area contributed by atoms with E-state index in [1.165, 1.54) is 27.7 Å². The van der Waals surface area contributed by atoms with E-state index >= 15 is 0 Å². The lowest BCUT2D eigenvalue weighted by molar-refractivity contribution is 0.354. The molecule has 0 aliphatic carbocycles. The summed E-state index contributed by atoms with van der Waals surface area (Å²) in [5, 5.41) is 7.34. The molecule has 33 heavy (non-hydrogen) atoms. The van der Waals surface area contributed by atoms with E-state index in [0.717, 1.165) is 52.8 Å². The summed E-state index contributed by atoms with van der Waals surface area (Å²) in [6.07, 6.45) is 2.94. The van der Waals surface area contributed by atoms with Gasteiger partial charge >= 0.3 is 0 Å². The number of hydrogen-bond donors (Lipinski definition) is 0. The van der Waals surface area contributed by atoms with Gasteiger partial charge in [-0.25, -0.2) is 4.52 Å². The monoisotopic (exact) mass is 443 g/mol. The number of aryl methyl sites for hydroxylation is 5. The molecule has 0 aliphatic rings. The summed E-state index contributed by atoms with van der Waals surface area (Å²) in [7, 11) is 3.33. The fraction of sp³-hybridized carbons (Fsp3) is 0.296. The van der Waals surface area contributed by atoms with Gasteiger partial charge in [-0.15, -0.1) is 0 Å². The molecule has 1 aromatic carbocycles. The number of hydrogen-bond acceptors (Lipinski definition) is 4. The maximum atomic E-state index is 5.86. The molecule has 0 amide bonds. The smallest absolute Gasteiger partial charge is 0.160 e. The van der Waals surface area contributed by atoms with E-state index in [-0.39, 0.29) is 0 Å². The van der Waals surface area contributed by atoms with Gasteiger partial charge in [0, 0.05) is 40.5 Å². The summed E-state index contributed by atoms with van der Waals surface area (Å²) in [4.78, 5) is 0. The van der Waals surface area contributed by atoms with E-state index in [2.05, 4.69) is 49.7 Å².